The molecule has 2 saturated heterocycles. The van der Waals surface area contributed by atoms with Gasteiger partial charge in [0.1, 0.15) is 0 Å². The van der Waals surface area contributed by atoms with Gasteiger partial charge in [-0.3, -0.25) is 4.90 Å². The van der Waals surface area contributed by atoms with E-state index < -0.39 is 0 Å². The zero-order valence-corrected chi connectivity index (χ0v) is 14.0. The van der Waals surface area contributed by atoms with Crippen molar-refractivity contribution < 1.29 is 9.84 Å². The molecule has 0 radical (unpaired) electrons. The number of nitrogens with zero attached hydrogens (tertiary/aromatic N) is 3. The lowest BCUT2D eigenvalue weighted by Gasteiger charge is -2.36. The molecule has 4 rings (SSSR count). The number of ether oxygens (including phenoxy) is 1. The number of aliphatic hydroxyl groups is 1. The van der Waals surface area contributed by atoms with Crippen LogP contribution in [-0.4, -0.2) is 52.5 Å². The summed E-state index contributed by atoms with van der Waals surface area (Å²) in [5.41, 5.74) is 1.40. The molecule has 128 valence electrons. The smallest absolute Gasteiger partial charge is 0.0951 e. The molecule has 5 nitrogen and oxygen atoms in total. The maximum atomic E-state index is 9.95. The number of likely N-dealkylation sites (tertiary alicyclic amines) is 1. The monoisotopic (exact) mass is 319 g/mol. The van der Waals surface area contributed by atoms with Gasteiger partial charge in [-0.2, -0.15) is 0 Å². The largest absolute Gasteiger partial charge is 0.396 e. The Kier molecular flexibility index (Phi) is 4.43. The highest BCUT2D eigenvalue weighted by atomic mass is 16.5. The van der Waals surface area contributed by atoms with Crippen LogP contribution in [0.4, 0.5) is 0 Å². The van der Waals surface area contributed by atoms with Gasteiger partial charge >= 0.3 is 0 Å². The number of aromatic nitrogens is 2. The summed E-state index contributed by atoms with van der Waals surface area (Å²) in [6.45, 7) is 4.88. The zero-order chi connectivity index (χ0) is 15.7. The third-order valence-corrected chi connectivity index (χ3v) is 6.36. The maximum absolute atomic E-state index is 9.95. The predicted molar refractivity (Wildman–Crippen MR) is 88.1 cm³/mol. The van der Waals surface area contributed by atoms with E-state index in [-0.39, 0.29) is 5.41 Å². The van der Waals surface area contributed by atoms with Gasteiger partial charge in [-0.15, -0.1) is 0 Å². The van der Waals surface area contributed by atoms with E-state index in [1.54, 1.807) is 0 Å². The van der Waals surface area contributed by atoms with E-state index in [9.17, 15) is 5.11 Å². The molecule has 3 heterocycles. The summed E-state index contributed by atoms with van der Waals surface area (Å²) in [6.07, 6.45) is 11.7. The number of hydrogen-bond donors (Lipinski definition) is 1. The molecule has 1 aromatic heterocycles. The maximum Gasteiger partial charge on any atom is 0.0951 e. The van der Waals surface area contributed by atoms with Gasteiger partial charge in [-0.05, 0) is 19.3 Å². The molecule has 23 heavy (non-hydrogen) atoms. The van der Waals surface area contributed by atoms with E-state index in [4.69, 9.17) is 4.74 Å². The second-order valence-electron chi connectivity index (χ2n) is 7.80. The van der Waals surface area contributed by atoms with Gasteiger partial charge in [0, 0.05) is 49.8 Å². The minimum absolute atomic E-state index is 0.0634. The number of rotatable bonds is 4. The lowest BCUT2D eigenvalue weighted by Crippen LogP contribution is -2.41. The van der Waals surface area contributed by atoms with E-state index in [0.29, 0.717) is 18.6 Å². The average molecular weight is 319 g/mol. The van der Waals surface area contributed by atoms with Crippen LogP contribution in [0.25, 0.3) is 0 Å². The number of fused-ring (bicyclic) bond motifs is 1. The summed E-state index contributed by atoms with van der Waals surface area (Å²) < 4.78 is 8.08. The second kappa shape index (κ2) is 6.54. The molecule has 1 aromatic rings. The summed E-state index contributed by atoms with van der Waals surface area (Å²) in [6, 6.07) is 0.640. The molecular weight excluding hydrogens is 290 g/mol. The highest BCUT2D eigenvalue weighted by Crippen LogP contribution is 2.42. The van der Waals surface area contributed by atoms with Crippen molar-refractivity contribution >= 4 is 0 Å². The first-order valence-electron chi connectivity index (χ1n) is 9.22. The third kappa shape index (κ3) is 2.94. The topological polar surface area (TPSA) is 50.5 Å². The standard InChI is InChI=1S/C18H29N3O2/c22-13-18-6-7-23-11-15(18)9-20(12-18)10-17-8-19-14-21(17)16-4-2-1-3-5-16/h8,14-16,22H,1-7,9-13H2/t15-,18-/m1/s1. The van der Waals surface area contributed by atoms with E-state index in [2.05, 4.69) is 14.5 Å². The van der Waals surface area contributed by atoms with Crippen molar-refractivity contribution in [2.24, 2.45) is 11.3 Å². The van der Waals surface area contributed by atoms with Crippen molar-refractivity contribution in [3.8, 4) is 0 Å². The highest BCUT2D eigenvalue weighted by molar-refractivity contribution is 5.05. The lowest BCUT2D eigenvalue weighted by atomic mass is 9.75. The summed E-state index contributed by atoms with van der Waals surface area (Å²) in [5.74, 6) is 0.479. The molecule has 5 heteroatoms. The summed E-state index contributed by atoms with van der Waals surface area (Å²) in [4.78, 5) is 6.94. The third-order valence-electron chi connectivity index (χ3n) is 6.36. The van der Waals surface area contributed by atoms with Crippen LogP contribution < -0.4 is 0 Å². The number of imidazole rings is 1. The Bertz CT molecular complexity index is 526. The Balaban J connectivity index is 1.46. The number of aliphatic hydroxyl groups excluding tert-OH is 1. The van der Waals surface area contributed by atoms with Crippen LogP contribution >= 0.6 is 0 Å². The first-order chi connectivity index (χ1) is 11.3. The first kappa shape index (κ1) is 15.6. The Hall–Kier alpha value is -0.910. The van der Waals surface area contributed by atoms with E-state index in [0.717, 1.165) is 39.3 Å². The normalized spacial score (nSPS) is 33.0. The van der Waals surface area contributed by atoms with Gasteiger partial charge in [0.15, 0.2) is 0 Å². The van der Waals surface area contributed by atoms with Crippen molar-refractivity contribution in [2.75, 3.05) is 32.9 Å². The summed E-state index contributed by atoms with van der Waals surface area (Å²) in [7, 11) is 0. The van der Waals surface area contributed by atoms with Gasteiger partial charge in [0.25, 0.3) is 0 Å². The minimum atomic E-state index is 0.0634. The van der Waals surface area contributed by atoms with E-state index >= 15 is 0 Å². The van der Waals surface area contributed by atoms with Crippen LogP contribution in [0.5, 0.6) is 0 Å². The lowest BCUT2D eigenvalue weighted by molar-refractivity contribution is -0.0417. The van der Waals surface area contributed by atoms with Crippen LogP contribution in [0.2, 0.25) is 0 Å². The molecule has 0 aromatic carbocycles. The quantitative estimate of drug-likeness (QED) is 0.924. The Morgan fingerprint density at radius 3 is 2.96 bits per heavy atom. The molecule has 0 spiro atoms. The van der Waals surface area contributed by atoms with Gasteiger partial charge in [0.2, 0.25) is 0 Å². The SMILES string of the molecule is OC[C@]12CCOC[C@H]1CN(Cc1cncn1C1CCCCC1)C2. The predicted octanol–water partition coefficient (Wildman–Crippen LogP) is 2.22. The fourth-order valence-corrected chi connectivity index (χ4v) is 4.91. The van der Waals surface area contributed by atoms with Gasteiger partial charge in [-0.1, -0.05) is 19.3 Å². The van der Waals surface area contributed by atoms with Gasteiger partial charge in [0.05, 0.1) is 25.2 Å². The van der Waals surface area contributed by atoms with Crippen LogP contribution in [0.3, 0.4) is 0 Å². The zero-order valence-electron chi connectivity index (χ0n) is 14.0. The van der Waals surface area contributed by atoms with Crippen molar-refractivity contribution in [2.45, 2.75) is 51.1 Å². The number of hydrogen-bond acceptors (Lipinski definition) is 4. The van der Waals surface area contributed by atoms with E-state index in [1.165, 1.54) is 37.8 Å². The van der Waals surface area contributed by atoms with Crippen molar-refractivity contribution in [1.82, 2.24) is 14.5 Å². The molecule has 2 atom stereocenters. The summed E-state index contributed by atoms with van der Waals surface area (Å²) >= 11 is 0. The molecule has 1 aliphatic carbocycles. The van der Waals surface area contributed by atoms with Crippen molar-refractivity contribution in [1.29, 1.82) is 0 Å². The summed E-state index contributed by atoms with van der Waals surface area (Å²) in [5, 5.41) is 9.95. The van der Waals surface area contributed by atoms with Crippen molar-refractivity contribution in [3.63, 3.8) is 0 Å². The first-order valence-corrected chi connectivity index (χ1v) is 9.22. The molecule has 2 aliphatic heterocycles. The Morgan fingerprint density at radius 2 is 2.17 bits per heavy atom. The molecule has 0 unspecified atom stereocenters. The Morgan fingerprint density at radius 1 is 1.30 bits per heavy atom. The molecule has 1 N–H and O–H groups in total. The van der Waals surface area contributed by atoms with E-state index in [1.807, 2.05) is 12.5 Å². The molecule has 1 saturated carbocycles. The Labute approximate surface area is 138 Å². The molecule has 3 aliphatic rings. The average Bonchev–Trinajstić information content (AvgIpc) is 3.20. The molecule has 0 bridgehead atoms. The van der Waals surface area contributed by atoms with Gasteiger partial charge < -0.3 is 14.4 Å². The van der Waals surface area contributed by atoms with Crippen LogP contribution in [0.15, 0.2) is 12.5 Å². The van der Waals surface area contributed by atoms with Crippen molar-refractivity contribution in [3.05, 3.63) is 18.2 Å². The minimum Gasteiger partial charge on any atom is -0.396 e. The van der Waals surface area contributed by atoms with Crippen LogP contribution in [-0.2, 0) is 11.3 Å². The molecular formula is C18H29N3O2. The fraction of sp³-hybridized carbons (Fsp3) is 0.833. The second-order valence-corrected chi connectivity index (χ2v) is 7.80. The molecule has 0 amide bonds. The molecule has 3 fully saturated rings. The highest BCUT2D eigenvalue weighted by Gasteiger charge is 2.47. The van der Waals surface area contributed by atoms with Crippen LogP contribution in [0.1, 0.15) is 50.3 Å². The van der Waals surface area contributed by atoms with Crippen LogP contribution in [0, 0.1) is 11.3 Å². The van der Waals surface area contributed by atoms with Gasteiger partial charge in [-0.25, -0.2) is 4.98 Å². The fourth-order valence-electron chi connectivity index (χ4n) is 4.91.